The molecule has 0 heteroatoms. The highest BCUT2D eigenvalue weighted by atomic mass is 14.2. The molecule has 0 saturated carbocycles. The summed E-state index contributed by atoms with van der Waals surface area (Å²) in [5.74, 6) is 0. The summed E-state index contributed by atoms with van der Waals surface area (Å²) in [6, 6.07) is 223. The van der Waals surface area contributed by atoms with E-state index in [1.54, 1.807) is 0 Å². The maximum Gasteiger partial charge on any atom is -0.00253 e. The largest absolute Gasteiger partial charge is 0.0622 e. The number of hydrogen-bond acceptors (Lipinski definition) is 0. The SMILES string of the molecule is c1ccc(-c2ccc(Cc3ccc(-c4ccccc4)cc3)cc2)cc1.c1ccc(-c2ccc(Cc3cccc(-c4ccccc4)c3)cc2)cc1.c1ccc(-c2cccc(Cc3cccc(-c4ccccc4)c3)c2)cc1.c1ccc(Cc2ccc(-c3ccccc3)cc2)cc1.c1ccc(Cc2ccc3ccccc3c2)cc1.c1ccc(Cc2cccc(-c3ccccc3)c2)cc1.c1ccc(Cc2ccccc2)cc1. The van der Waals surface area contributed by atoms with Gasteiger partial charge in [-0.15, -0.1) is 0 Å². The highest BCUT2D eigenvalue weighted by Crippen LogP contribution is 2.31. The molecule has 0 N–H and O–H groups in total. The van der Waals surface area contributed by atoms with Crippen LogP contribution in [-0.4, -0.2) is 0 Å². The summed E-state index contributed by atoms with van der Waals surface area (Å²) >= 11 is 0. The molecule has 0 bridgehead atoms. The molecule has 0 fully saturated rings. The molecule has 0 unspecified atom stereocenters. The van der Waals surface area contributed by atoms with Gasteiger partial charge in [0.2, 0.25) is 0 Å². The summed E-state index contributed by atoms with van der Waals surface area (Å²) in [6.45, 7) is 0. The second-order valence-corrected chi connectivity index (χ2v) is 35.9. The fourth-order valence-electron chi connectivity index (χ4n) is 17.7. The molecular weight excluding hydrogens is 1720 g/mol. The van der Waals surface area contributed by atoms with Crippen molar-refractivity contribution in [3.05, 3.63) is 709 Å². The van der Waals surface area contributed by atoms with Gasteiger partial charge in [-0.3, -0.25) is 0 Å². The van der Waals surface area contributed by atoms with Gasteiger partial charge in [0.1, 0.15) is 0 Å². The topological polar surface area (TPSA) is 0 Å². The van der Waals surface area contributed by atoms with Crippen LogP contribution in [0.4, 0.5) is 0 Å². The Kier molecular flexibility index (Phi) is 35.8. The van der Waals surface area contributed by atoms with Crippen LogP contribution >= 0.6 is 0 Å². The summed E-state index contributed by atoms with van der Waals surface area (Å²) in [5.41, 5.74) is 39.3. The summed E-state index contributed by atoms with van der Waals surface area (Å²) in [4.78, 5) is 0. The van der Waals surface area contributed by atoms with Crippen LogP contribution < -0.4 is 0 Å². The lowest BCUT2D eigenvalue weighted by Gasteiger charge is -2.08. The van der Waals surface area contributed by atoms with Gasteiger partial charge in [0, 0.05) is 0 Å². The molecule has 0 aromatic heterocycles. The Morgan fingerprint density at radius 1 is 0.0699 bits per heavy atom. The molecule has 0 saturated heterocycles. The predicted molar refractivity (Wildman–Crippen MR) is 611 cm³/mol. The highest BCUT2D eigenvalue weighted by Gasteiger charge is 2.10. The lowest BCUT2D eigenvalue weighted by molar-refractivity contribution is 1.19. The zero-order chi connectivity index (χ0) is 97.0. The zero-order valence-electron chi connectivity index (χ0n) is 81.0. The smallest absolute Gasteiger partial charge is 0.00253 e. The third kappa shape index (κ3) is 30.7. The Morgan fingerprint density at radius 3 is 0.406 bits per heavy atom. The minimum atomic E-state index is 0.946. The molecule has 0 atom stereocenters. The van der Waals surface area contributed by atoms with Gasteiger partial charge in [0.25, 0.3) is 0 Å². The van der Waals surface area contributed by atoms with E-state index >= 15 is 0 Å². The molecule has 0 radical (unpaired) electrons. The van der Waals surface area contributed by atoms with E-state index in [-0.39, 0.29) is 0 Å². The molecule has 0 aliphatic rings. The number of rotatable bonds is 22. The third-order valence-corrected chi connectivity index (χ3v) is 25.3. The lowest BCUT2D eigenvalue weighted by atomic mass is 9.97. The fourth-order valence-corrected chi connectivity index (χ4v) is 17.7. The van der Waals surface area contributed by atoms with Crippen molar-refractivity contribution in [3.63, 3.8) is 0 Å². The van der Waals surface area contributed by atoms with Crippen LogP contribution in [-0.2, 0) is 44.9 Å². The molecule has 0 amide bonds. The second kappa shape index (κ2) is 52.7. The molecule has 23 aromatic carbocycles. The number of benzene rings is 23. The first-order chi connectivity index (χ1) is 70.8. The summed E-state index contributed by atoms with van der Waals surface area (Å²) in [5, 5.41) is 2.63. The Labute approximate surface area is 847 Å². The van der Waals surface area contributed by atoms with E-state index in [2.05, 4.69) is 625 Å². The van der Waals surface area contributed by atoms with Gasteiger partial charge in [0.05, 0.1) is 0 Å². The molecule has 690 valence electrons. The number of hydrogen-bond donors (Lipinski definition) is 0. The van der Waals surface area contributed by atoms with E-state index in [4.69, 9.17) is 0 Å². The van der Waals surface area contributed by atoms with E-state index in [1.165, 1.54) is 178 Å². The van der Waals surface area contributed by atoms with Crippen molar-refractivity contribution in [1.29, 1.82) is 0 Å². The van der Waals surface area contributed by atoms with Crippen molar-refractivity contribution in [3.8, 4) is 89.0 Å². The average Bonchev–Trinajstić information content (AvgIpc) is 0.862. The Balaban J connectivity index is 0.000000116. The molecule has 0 aliphatic carbocycles. The van der Waals surface area contributed by atoms with Crippen LogP contribution in [0, 0.1) is 0 Å². The molecule has 0 spiro atoms. The van der Waals surface area contributed by atoms with E-state index < -0.39 is 0 Å². The molecule has 0 heterocycles. The third-order valence-electron chi connectivity index (χ3n) is 25.3. The minimum absolute atomic E-state index is 0.946. The highest BCUT2D eigenvalue weighted by molar-refractivity contribution is 5.83. The summed E-state index contributed by atoms with van der Waals surface area (Å²) < 4.78 is 0. The van der Waals surface area contributed by atoms with Crippen molar-refractivity contribution in [2.45, 2.75) is 44.9 Å². The van der Waals surface area contributed by atoms with Crippen molar-refractivity contribution < 1.29 is 0 Å². The van der Waals surface area contributed by atoms with E-state index in [0.29, 0.717) is 0 Å². The maximum atomic E-state index is 2.30. The Morgan fingerprint density at radius 2 is 0.196 bits per heavy atom. The quantitative estimate of drug-likeness (QED) is 0.0634. The minimum Gasteiger partial charge on any atom is -0.0622 e. The van der Waals surface area contributed by atoms with Gasteiger partial charge in [-0.2, -0.15) is 0 Å². The van der Waals surface area contributed by atoms with Crippen LogP contribution in [0.25, 0.3) is 99.8 Å². The molecular formula is C143H118. The predicted octanol–water partition coefficient (Wildman–Crippen LogP) is 37.4. The molecule has 23 aromatic rings. The number of fused-ring (bicyclic) bond motifs is 1. The van der Waals surface area contributed by atoms with Crippen LogP contribution in [0.1, 0.15) is 77.9 Å². The summed E-state index contributed by atoms with van der Waals surface area (Å²) in [7, 11) is 0. The standard InChI is InChI=1S/3C25H20.2C19H16.C17H14.C13H12/c1-3-11-22(12-4-1)24-15-7-9-20(18-24)17-21-10-8-16-25(19-21)23-13-5-2-6-14-23;1-3-9-22(10-4-1)24-16-14-20(15-17-24)18-21-8-7-13-25(19-21)23-11-5-2-6-12-23;1-3-7-22(8-4-1)24-15-11-20(12-16-24)19-21-13-17-25(18-14-21)23-9-5-2-6-10-23;1-3-8-16(9-4-1)14-17-10-7-13-19(15-17)18-11-5-2-6-12-18;1-3-7-16(8-4-1)15-17-11-13-19(14-12-17)18-9-5-2-6-10-18;1-2-6-14(7-3-1)12-15-10-11-16-8-4-5-9-17(16)13-15;1-3-7-12(8-4-1)11-13-9-5-2-6-10-13/h1-16,18-19H,17H2;1-17,19H,18H2;1-18H,19H2;1-13,15H,14H2;1-14H,15H2;1-11,13H,12H2;1-10H,11H2. The van der Waals surface area contributed by atoms with E-state index in [1.807, 2.05) is 6.07 Å². The van der Waals surface area contributed by atoms with Gasteiger partial charge in [-0.25, -0.2) is 0 Å². The van der Waals surface area contributed by atoms with Crippen molar-refractivity contribution in [2.75, 3.05) is 0 Å². The van der Waals surface area contributed by atoms with Crippen molar-refractivity contribution >= 4 is 10.8 Å². The lowest BCUT2D eigenvalue weighted by Crippen LogP contribution is -1.90. The normalized spacial score (nSPS) is 10.4. The zero-order valence-corrected chi connectivity index (χ0v) is 81.0. The fraction of sp³-hybridized carbons (Fsp3) is 0.0490. The van der Waals surface area contributed by atoms with Crippen LogP contribution in [0.2, 0.25) is 0 Å². The molecule has 143 heavy (non-hydrogen) atoms. The Bertz CT molecular complexity index is 7410. The van der Waals surface area contributed by atoms with Crippen molar-refractivity contribution in [2.24, 2.45) is 0 Å². The van der Waals surface area contributed by atoms with Crippen LogP contribution in [0.15, 0.2) is 631 Å². The first-order valence-electron chi connectivity index (χ1n) is 49.7. The first kappa shape index (κ1) is 97.0. The monoisotopic (exact) mass is 1830 g/mol. The average molecular weight is 1840 g/mol. The van der Waals surface area contributed by atoms with Gasteiger partial charge >= 0.3 is 0 Å². The van der Waals surface area contributed by atoms with E-state index in [9.17, 15) is 0 Å². The Hall–Kier alpha value is -17.7. The molecule has 0 nitrogen and oxygen atoms in total. The van der Waals surface area contributed by atoms with Gasteiger partial charge < -0.3 is 0 Å². The second-order valence-electron chi connectivity index (χ2n) is 35.9. The van der Waals surface area contributed by atoms with E-state index in [0.717, 1.165) is 44.9 Å². The van der Waals surface area contributed by atoms with Crippen LogP contribution in [0.3, 0.4) is 0 Å². The van der Waals surface area contributed by atoms with Gasteiger partial charge in [-0.05, 0) is 223 Å². The van der Waals surface area contributed by atoms with Gasteiger partial charge in [-0.1, -0.05) is 631 Å². The summed E-state index contributed by atoms with van der Waals surface area (Å²) in [6.07, 6.45) is 6.88. The maximum absolute atomic E-state index is 2.30. The van der Waals surface area contributed by atoms with Crippen LogP contribution in [0.5, 0.6) is 0 Å². The van der Waals surface area contributed by atoms with Gasteiger partial charge in [0.15, 0.2) is 0 Å². The molecule has 23 rings (SSSR count). The van der Waals surface area contributed by atoms with Crippen molar-refractivity contribution in [1.82, 2.24) is 0 Å². The molecule has 0 aliphatic heterocycles. The first-order valence-corrected chi connectivity index (χ1v) is 49.7.